The van der Waals surface area contributed by atoms with E-state index < -0.39 is 17.2 Å². The Morgan fingerprint density at radius 1 is 1.00 bits per heavy atom. The molecule has 2 heterocycles. The number of hydrogen-bond donors (Lipinski definition) is 0. The first-order valence-electron chi connectivity index (χ1n) is 12.9. The summed E-state index contributed by atoms with van der Waals surface area (Å²) < 4.78 is 28.7. The van der Waals surface area contributed by atoms with Crippen molar-refractivity contribution in [3.05, 3.63) is 71.3 Å². The molecule has 2 aliphatic rings. The van der Waals surface area contributed by atoms with Crippen molar-refractivity contribution in [1.82, 2.24) is 14.8 Å². The molecule has 2 aromatic rings. The Morgan fingerprint density at radius 3 is 2.30 bits per heavy atom. The van der Waals surface area contributed by atoms with Gasteiger partial charge in [-0.25, -0.2) is 13.8 Å². The fourth-order valence-electron chi connectivity index (χ4n) is 5.40. The summed E-state index contributed by atoms with van der Waals surface area (Å²) in [5, 5.41) is 6.00. The lowest BCUT2D eigenvalue weighted by molar-refractivity contribution is -0.141. The molecule has 0 N–H and O–H groups in total. The Bertz CT molecular complexity index is 1170. The van der Waals surface area contributed by atoms with E-state index in [2.05, 4.69) is 10.0 Å². The van der Waals surface area contributed by atoms with Gasteiger partial charge in [-0.15, -0.1) is 0 Å². The average Bonchev–Trinajstić information content (AvgIpc) is 3.26. The van der Waals surface area contributed by atoms with Crippen LogP contribution < -0.4 is 0 Å². The molecule has 2 aromatic carbocycles. The van der Waals surface area contributed by atoms with Gasteiger partial charge in [0.05, 0.1) is 11.3 Å². The minimum atomic E-state index is -0.787. The largest absolute Gasteiger partial charge is 0.340 e. The molecule has 1 atom stereocenters. The quantitative estimate of drug-likeness (QED) is 0.562. The van der Waals surface area contributed by atoms with Gasteiger partial charge in [0.15, 0.2) is 0 Å². The molecule has 0 aromatic heterocycles. The number of halogens is 2. The van der Waals surface area contributed by atoms with Crippen LogP contribution in [-0.2, 0) is 15.1 Å². The number of hydrogen-bond acceptors (Lipinski definition) is 4. The maximum Gasteiger partial charge on any atom is 0.240 e. The maximum atomic E-state index is 14.7. The Morgan fingerprint density at radius 2 is 1.68 bits per heavy atom. The van der Waals surface area contributed by atoms with Crippen molar-refractivity contribution in [3.8, 4) is 0 Å². The van der Waals surface area contributed by atoms with Gasteiger partial charge >= 0.3 is 0 Å². The Hall–Kier alpha value is -3.13. The van der Waals surface area contributed by atoms with E-state index >= 15 is 0 Å². The van der Waals surface area contributed by atoms with Gasteiger partial charge in [0.1, 0.15) is 11.6 Å². The summed E-state index contributed by atoms with van der Waals surface area (Å²) in [6.07, 6.45) is 1.69. The minimum Gasteiger partial charge on any atom is -0.340 e. The van der Waals surface area contributed by atoms with Crippen molar-refractivity contribution in [2.24, 2.45) is 10.5 Å². The van der Waals surface area contributed by atoms with Gasteiger partial charge in [-0.1, -0.05) is 51.1 Å². The van der Waals surface area contributed by atoms with E-state index in [1.54, 1.807) is 0 Å². The molecular formula is C29H36F2N4O2. The number of nitrogens with zero attached hydrogens (tertiary/aromatic N) is 4. The highest BCUT2D eigenvalue weighted by atomic mass is 19.1. The monoisotopic (exact) mass is 510 g/mol. The van der Waals surface area contributed by atoms with E-state index in [-0.39, 0.29) is 22.8 Å². The molecule has 0 saturated carbocycles. The van der Waals surface area contributed by atoms with Gasteiger partial charge < -0.3 is 4.90 Å². The molecule has 0 unspecified atom stereocenters. The summed E-state index contributed by atoms with van der Waals surface area (Å²) in [5.74, 6) is -1.18. The van der Waals surface area contributed by atoms with Crippen molar-refractivity contribution in [2.45, 2.75) is 52.5 Å². The molecule has 2 aliphatic heterocycles. The predicted molar refractivity (Wildman–Crippen MR) is 140 cm³/mol. The van der Waals surface area contributed by atoms with E-state index in [1.165, 1.54) is 11.9 Å². The highest BCUT2D eigenvalue weighted by Gasteiger charge is 2.46. The lowest BCUT2D eigenvalue weighted by Gasteiger charge is -2.39. The van der Waals surface area contributed by atoms with Crippen LogP contribution in [-0.4, -0.2) is 65.1 Å². The smallest absolute Gasteiger partial charge is 0.240 e. The number of benzene rings is 2. The molecule has 0 aliphatic carbocycles. The third-order valence-electron chi connectivity index (χ3n) is 7.30. The van der Waals surface area contributed by atoms with E-state index in [9.17, 15) is 18.4 Å². The van der Waals surface area contributed by atoms with Gasteiger partial charge in [0, 0.05) is 50.5 Å². The molecular weight excluding hydrogens is 474 g/mol. The van der Waals surface area contributed by atoms with E-state index in [0.717, 1.165) is 49.8 Å². The van der Waals surface area contributed by atoms with Crippen LogP contribution in [0.5, 0.6) is 0 Å². The molecule has 0 radical (unpaired) electrons. The molecule has 6 nitrogen and oxygen atoms in total. The van der Waals surface area contributed by atoms with Gasteiger partial charge in [-0.2, -0.15) is 5.10 Å². The van der Waals surface area contributed by atoms with Crippen LogP contribution in [0.1, 0.15) is 58.1 Å². The Kier molecular flexibility index (Phi) is 7.78. The SMILES string of the molecule is CC(=O)N1N=C(c2cc(F)ccc2F)C[C@@]1(CCCN1CCN(C(=O)C(C)(C)C)CC1)c1ccccc1. The Balaban J connectivity index is 1.51. The fraction of sp³-hybridized carbons (Fsp3) is 0.483. The van der Waals surface area contributed by atoms with Crippen LogP contribution >= 0.6 is 0 Å². The van der Waals surface area contributed by atoms with Gasteiger partial charge in [-0.05, 0) is 43.1 Å². The third-order valence-corrected chi connectivity index (χ3v) is 7.30. The van der Waals surface area contributed by atoms with Crippen LogP contribution in [0.25, 0.3) is 0 Å². The summed E-state index contributed by atoms with van der Waals surface area (Å²) in [4.78, 5) is 29.7. The van der Waals surface area contributed by atoms with Crippen molar-refractivity contribution >= 4 is 17.5 Å². The first-order chi connectivity index (χ1) is 17.5. The normalized spacial score (nSPS) is 20.8. The van der Waals surface area contributed by atoms with Gasteiger partial charge in [0.2, 0.25) is 11.8 Å². The van der Waals surface area contributed by atoms with Crippen LogP contribution in [0.15, 0.2) is 53.6 Å². The van der Waals surface area contributed by atoms with E-state index in [4.69, 9.17) is 0 Å². The highest BCUT2D eigenvalue weighted by Crippen LogP contribution is 2.43. The predicted octanol–water partition coefficient (Wildman–Crippen LogP) is 4.79. The summed E-state index contributed by atoms with van der Waals surface area (Å²) in [5.41, 5.74) is 0.197. The van der Waals surface area contributed by atoms with Crippen LogP contribution in [0.2, 0.25) is 0 Å². The number of piperazine rings is 1. The van der Waals surface area contributed by atoms with Crippen molar-refractivity contribution in [3.63, 3.8) is 0 Å². The summed E-state index contributed by atoms with van der Waals surface area (Å²) in [6, 6.07) is 13.0. The number of rotatable bonds is 6. The molecule has 198 valence electrons. The first kappa shape index (κ1) is 26.9. The topological polar surface area (TPSA) is 56.2 Å². The van der Waals surface area contributed by atoms with Crippen molar-refractivity contribution in [2.75, 3.05) is 32.7 Å². The average molecular weight is 511 g/mol. The molecule has 0 spiro atoms. The number of carbonyl (C=O) groups is 2. The molecule has 1 saturated heterocycles. The van der Waals surface area contributed by atoms with E-state index in [0.29, 0.717) is 31.6 Å². The third kappa shape index (κ3) is 5.74. The maximum absolute atomic E-state index is 14.7. The second-order valence-electron chi connectivity index (χ2n) is 11.1. The van der Waals surface area contributed by atoms with Gasteiger partial charge in [-0.3, -0.25) is 14.5 Å². The fourth-order valence-corrected chi connectivity index (χ4v) is 5.40. The molecule has 2 amide bonds. The lowest BCUT2D eigenvalue weighted by atomic mass is 9.80. The van der Waals surface area contributed by atoms with E-state index in [1.807, 2.05) is 56.0 Å². The van der Waals surface area contributed by atoms with Crippen LogP contribution in [0.3, 0.4) is 0 Å². The molecule has 8 heteroatoms. The second kappa shape index (κ2) is 10.7. The second-order valence-corrected chi connectivity index (χ2v) is 11.1. The first-order valence-corrected chi connectivity index (χ1v) is 12.9. The highest BCUT2D eigenvalue weighted by molar-refractivity contribution is 6.04. The Labute approximate surface area is 217 Å². The van der Waals surface area contributed by atoms with Crippen LogP contribution in [0.4, 0.5) is 8.78 Å². The van der Waals surface area contributed by atoms with Crippen molar-refractivity contribution in [1.29, 1.82) is 0 Å². The lowest BCUT2D eigenvalue weighted by Crippen LogP contribution is -2.52. The summed E-state index contributed by atoms with van der Waals surface area (Å²) in [6.45, 7) is 11.1. The molecule has 4 rings (SSSR count). The summed E-state index contributed by atoms with van der Waals surface area (Å²) in [7, 11) is 0. The zero-order valence-electron chi connectivity index (χ0n) is 22.1. The standard InChI is InChI=1S/C29H36F2N4O2/c1-21(36)35-29(22-9-6-5-7-10-22,20-26(32-35)24-19-23(30)11-12-25(24)31)13-8-14-33-15-17-34(18-16-33)27(37)28(2,3)4/h5-7,9-12,19H,8,13-18,20H2,1-4H3/t29-/m0/s1. The minimum absolute atomic E-state index is 0.0868. The van der Waals surface area contributed by atoms with Crippen molar-refractivity contribution < 1.29 is 18.4 Å². The zero-order valence-corrected chi connectivity index (χ0v) is 22.1. The van der Waals surface area contributed by atoms with Crippen LogP contribution in [0, 0.1) is 17.0 Å². The number of amides is 2. The molecule has 37 heavy (non-hydrogen) atoms. The summed E-state index contributed by atoms with van der Waals surface area (Å²) >= 11 is 0. The molecule has 0 bridgehead atoms. The molecule has 1 fully saturated rings. The number of hydrazone groups is 1. The zero-order chi connectivity index (χ0) is 26.8. The van der Waals surface area contributed by atoms with Gasteiger partial charge in [0.25, 0.3) is 0 Å². The number of carbonyl (C=O) groups excluding carboxylic acids is 2.